The number of amides is 1. The first-order chi connectivity index (χ1) is 15.8. The first kappa shape index (κ1) is 22.1. The molecule has 6 heteroatoms. The van der Waals surface area contributed by atoms with Gasteiger partial charge in [0, 0.05) is 11.3 Å². The molecule has 1 atom stereocenters. The van der Waals surface area contributed by atoms with Crippen LogP contribution in [0.3, 0.4) is 0 Å². The molecule has 6 nitrogen and oxygen atoms in total. The molecule has 0 aliphatic carbocycles. The first-order valence-electron chi connectivity index (χ1n) is 10.7. The number of aromatic hydroxyl groups is 1. The minimum Gasteiger partial charge on any atom is -0.508 e. The van der Waals surface area contributed by atoms with E-state index in [0.717, 1.165) is 11.1 Å². The van der Waals surface area contributed by atoms with Crippen molar-refractivity contribution >= 4 is 23.1 Å². The molecule has 1 saturated heterocycles. The second-order valence-electron chi connectivity index (χ2n) is 7.96. The molecule has 0 saturated carbocycles. The van der Waals surface area contributed by atoms with Crippen LogP contribution >= 0.6 is 0 Å². The number of aliphatic hydroxyl groups excluding tert-OH is 1. The summed E-state index contributed by atoms with van der Waals surface area (Å²) >= 11 is 0. The molecule has 1 heterocycles. The Morgan fingerprint density at radius 3 is 2.39 bits per heavy atom. The Kier molecular flexibility index (Phi) is 5.92. The van der Waals surface area contributed by atoms with E-state index in [0.29, 0.717) is 29.2 Å². The Morgan fingerprint density at radius 2 is 1.73 bits per heavy atom. The summed E-state index contributed by atoms with van der Waals surface area (Å²) in [5, 5.41) is 21.4. The van der Waals surface area contributed by atoms with E-state index in [1.54, 1.807) is 42.5 Å². The van der Waals surface area contributed by atoms with Gasteiger partial charge in [-0.05, 0) is 73.9 Å². The van der Waals surface area contributed by atoms with Gasteiger partial charge in [0.1, 0.15) is 17.3 Å². The SMILES string of the molecule is CCOc1ccc(/C(O)=C2/C(=O)C(=O)N(c3ccccc3C)C2c2cccc(O)c2)cc1C. The van der Waals surface area contributed by atoms with Crippen LogP contribution < -0.4 is 9.64 Å². The van der Waals surface area contributed by atoms with Crippen LogP contribution in [0.25, 0.3) is 5.76 Å². The van der Waals surface area contributed by atoms with Gasteiger partial charge in [-0.15, -0.1) is 0 Å². The fraction of sp³-hybridized carbons (Fsp3) is 0.185. The van der Waals surface area contributed by atoms with E-state index >= 15 is 0 Å². The quantitative estimate of drug-likeness (QED) is 0.328. The van der Waals surface area contributed by atoms with Crippen molar-refractivity contribution in [3.63, 3.8) is 0 Å². The second-order valence-corrected chi connectivity index (χ2v) is 7.96. The Bertz CT molecular complexity index is 1280. The van der Waals surface area contributed by atoms with Crippen LogP contribution in [0.15, 0.2) is 72.3 Å². The second kappa shape index (κ2) is 8.82. The first-order valence-corrected chi connectivity index (χ1v) is 10.7. The van der Waals surface area contributed by atoms with Crippen LogP contribution in [-0.2, 0) is 9.59 Å². The third-order valence-electron chi connectivity index (χ3n) is 5.75. The number of rotatable bonds is 5. The van der Waals surface area contributed by atoms with Crippen molar-refractivity contribution in [1.29, 1.82) is 0 Å². The highest BCUT2D eigenvalue weighted by Gasteiger charge is 2.47. The summed E-state index contributed by atoms with van der Waals surface area (Å²) < 4.78 is 5.57. The van der Waals surface area contributed by atoms with E-state index in [-0.39, 0.29) is 17.1 Å². The lowest BCUT2D eigenvalue weighted by Crippen LogP contribution is -2.30. The Balaban J connectivity index is 1.94. The fourth-order valence-electron chi connectivity index (χ4n) is 4.19. The van der Waals surface area contributed by atoms with Gasteiger partial charge in [0.15, 0.2) is 0 Å². The van der Waals surface area contributed by atoms with E-state index in [1.165, 1.54) is 17.0 Å². The number of carbonyl (C=O) groups is 2. The summed E-state index contributed by atoms with van der Waals surface area (Å²) in [6.07, 6.45) is 0. The fourth-order valence-corrected chi connectivity index (χ4v) is 4.19. The number of Topliss-reactive ketones (excluding diaryl/α,β-unsaturated/α-hetero) is 1. The zero-order valence-electron chi connectivity index (χ0n) is 18.7. The molecule has 168 valence electrons. The lowest BCUT2D eigenvalue weighted by atomic mass is 9.94. The van der Waals surface area contributed by atoms with Gasteiger partial charge in [-0.3, -0.25) is 14.5 Å². The monoisotopic (exact) mass is 443 g/mol. The van der Waals surface area contributed by atoms with E-state index < -0.39 is 17.7 Å². The summed E-state index contributed by atoms with van der Waals surface area (Å²) in [5.74, 6) is -1.11. The molecule has 0 bridgehead atoms. The normalized spacial score (nSPS) is 17.4. The summed E-state index contributed by atoms with van der Waals surface area (Å²) in [6.45, 7) is 6.09. The third-order valence-corrected chi connectivity index (χ3v) is 5.75. The maximum absolute atomic E-state index is 13.2. The average molecular weight is 443 g/mol. The predicted octanol–water partition coefficient (Wildman–Crippen LogP) is 5.03. The van der Waals surface area contributed by atoms with Crippen molar-refractivity contribution in [2.45, 2.75) is 26.8 Å². The number of para-hydroxylation sites is 1. The summed E-state index contributed by atoms with van der Waals surface area (Å²) in [7, 11) is 0. The van der Waals surface area contributed by atoms with Crippen LogP contribution in [0.5, 0.6) is 11.5 Å². The highest BCUT2D eigenvalue weighted by atomic mass is 16.5. The van der Waals surface area contributed by atoms with Gasteiger partial charge in [0.05, 0.1) is 18.2 Å². The lowest BCUT2D eigenvalue weighted by molar-refractivity contribution is -0.132. The maximum Gasteiger partial charge on any atom is 0.300 e. The molecular formula is C27H25NO5. The van der Waals surface area contributed by atoms with E-state index in [2.05, 4.69) is 0 Å². The topological polar surface area (TPSA) is 87.1 Å². The number of ether oxygens (including phenoxy) is 1. The molecule has 1 aliphatic heterocycles. The number of carbonyl (C=O) groups excluding carboxylic acids is 2. The van der Waals surface area contributed by atoms with Crippen LogP contribution in [-0.4, -0.2) is 28.5 Å². The number of ketones is 1. The molecule has 3 aromatic carbocycles. The molecule has 0 radical (unpaired) electrons. The van der Waals surface area contributed by atoms with E-state index in [4.69, 9.17) is 4.74 Å². The minimum absolute atomic E-state index is 0.000201. The Morgan fingerprint density at radius 1 is 0.970 bits per heavy atom. The van der Waals surface area contributed by atoms with Gasteiger partial charge in [0.25, 0.3) is 11.7 Å². The number of aliphatic hydroxyl groups is 1. The van der Waals surface area contributed by atoms with Gasteiger partial charge >= 0.3 is 0 Å². The van der Waals surface area contributed by atoms with Gasteiger partial charge in [-0.1, -0.05) is 30.3 Å². The van der Waals surface area contributed by atoms with Gasteiger partial charge in [-0.2, -0.15) is 0 Å². The van der Waals surface area contributed by atoms with Crippen LogP contribution in [0.1, 0.15) is 35.2 Å². The van der Waals surface area contributed by atoms with Crippen molar-refractivity contribution in [2.24, 2.45) is 0 Å². The van der Waals surface area contributed by atoms with Gasteiger partial charge in [0.2, 0.25) is 0 Å². The highest BCUT2D eigenvalue weighted by Crippen LogP contribution is 2.43. The van der Waals surface area contributed by atoms with Crippen molar-refractivity contribution in [1.82, 2.24) is 0 Å². The summed E-state index contributed by atoms with van der Waals surface area (Å²) in [6, 6.07) is 17.8. The largest absolute Gasteiger partial charge is 0.508 e. The van der Waals surface area contributed by atoms with Crippen molar-refractivity contribution in [2.75, 3.05) is 11.5 Å². The van der Waals surface area contributed by atoms with Crippen LogP contribution in [0.2, 0.25) is 0 Å². The standard InChI is InChI=1S/C27H25NO5/c1-4-33-22-13-12-19(14-17(22)3)25(30)23-24(18-9-7-10-20(29)15-18)28(27(32)26(23)31)21-11-6-5-8-16(21)2/h5-15,24,29-30H,4H2,1-3H3/b25-23-. The molecule has 3 aromatic rings. The number of hydrogen-bond acceptors (Lipinski definition) is 5. The Hall–Kier alpha value is -4.06. The molecule has 0 spiro atoms. The molecule has 1 unspecified atom stereocenters. The number of phenols is 1. The molecule has 1 amide bonds. The number of aryl methyl sites for hydroxylation is 2. The molecule has 2 N–H and O–H groups in total. The number of hydrogen-bond donors (Lipinski definition) is 2. The molecule has 33 heavy (non-hydrogen) atoms. The average Bonchev–Trinajstić information content (AvgIpc) is 3.06. The highest BCUT2D eigenvalue weighted by molar-refractivity contribution is 6.51. The zero-order chi connectivity index (χ0) is 23.7. The molecule has 0 aromatic heterocycles. The maximum atomic E-state index is 13.2. The predicted molar refractivity (Wildman–Crippen MR) is 126 cm³/mol. The summed E-state index contributed by atoms with van der Waals surface area (Å²) in [4.78, 5) is 27.9. The van der Waals surface area contributed by atoms with Gasteiger partial charge < -0.3 is 14.9 Å². The molecular weight excluding hydrogens is 418 g/mol. The number of benzene rings is 3. The van der Waals surface area contributed by atoms with Crippen molar-refractivity contribution in [3.8, 4) is 11.5 Å². The van der Waals surface area contributed by atoms with Crippen molar-refractivity contribution < 1.29 is 24.5 Å². The van der Waals surface area contributed by atoms with Crippen LogP contribution in [0.4, 0.5) is 5.69 Å². The third kappa shape index (κ3) is 3.96. The smallest absolute Gasteiger partial charge is 0.300 e. The van der Waals surface area contributed by atoms with Crippen molar-refractivity contribution in [3.05, 3.63) is 94.6 Å². The summed E-state index contributed by atoms with van der Waals surface area (Å²) in [5.41, 5.74) is 3.06. The van der Waals surface area contributed by atoms with Gasteiger partial charge in [-0.25, -0.2) is 0 Å². The van der Waals surface area contributed by atoms with E-state index in [9.17, 15) is 19.8 Å². The Labute approximate surface area is 192 Å². The van der Waals surface area contributed by atoms with E-state index in [1.807, 2.05) is 32.9 Å². The number of phenolic OH excluding ortho intramolecular Hbond substituents is 1. The molecule has 4 rings (SSSR count). The van der Waals surface area contributed by atoms with Crippen LogP contribution in [0, 0.1) is 13.8 Å². The molecule has 1 fully saturated rings. The molecule has 1 aliphatic rings. The zero-order valence-corrected chi connectivity index (χ0v) is 18.7. The lowest BCUT2D eigenvalue weighted by Gasteiger charge is -2.27. The number of nitrogens with zero attached hydrogens (tertiary/aromatic N) is 1. The minimum atomic E-state index is -0.898. The number of anilines is 1.